The third-order valence-corrected chi connectivity index (χ3v) is 3.88. The first-order valence-corrected chi connectivity index (χ1v) is 7.93. The van der Waals surface area contributed by atoms with Crippen LogP contribution in [0.15, 0.2) is 53.1 Å². The van der Waals surface area contributed by atoms with E-state index in [-0.39, 0.29) is 24.6 Å². The minimum atomic E-state index is -0.142. The highest BCUT2D eigenvalue weighted by Crippen LogP contribution is 2.19. The summed E-state index contributed by atoms with van der Waals surface area (Å²) in [5.41, 5.74) is 2.57. The monoisotopic (exact) mass is 337 g/mol. The van der Waals surface area contributed by atoms with Gasteiger partial charge in [-0.15, -0.1) is 0 Å². The van der Waals surface area contributed by atoms with Crippen LogP contribution in [0.25, 0.3) is 11.4 Å². The summed E-state index contributed by atoms with van der Waals surface area (Å²) >= 11 is 0. The molecule has 6 nitrogen and oxygen atoms in total. The highest BCUT2D eigenvalue weighted by molar-refractivity contribution is 5.79. The number of aromatic nitrogens is 2. The molecule has 2 aromatic carbocycles. The van der Waals surface area contributed by atoms with E-state index >= 15 is 0 Å². The predicted octanol–water partition coefficient (Wildman–Crippen LogP) is 2.95. The van der Waals surface area contributed by atoms with Crippen LogP contribution < -0.4 is 0 Å². The molecule has 0 radical (unpaired) electrons. The Labute approximate surface area is 145 Å². The number of carbonyl (C=O) groups is 1. The maximum absolute atomic E-state index is 12.3. The quantitative estimate of drug-likeness (QED) is 0.774. The van der Waals surface area contributed by atoms with Crippen molar-refractivity contribution in [1.82, 2.24) is 15.0 Å². The Hall–Kier alpha value is -3.15. The molecule has 1 amide bonds. The first kappa shape index (κ1) is 16.7. The molecule has 0 unspecified atom stereocenters. The molecule has 0 bridgehead atoms. The number of aromatic hydroxyl groups is 1. The smallest absolute Gasteiger partial charge is 0.246 e. The lowest BCUT2D eigenvalue weighted by Gasteiger charge is -2.15. The summed E-state index contributed by atoms with van der Waals surface area (Å²) in [6, 6.07) is 14.6. The number of amides is 1. The Bertz CT molecular complexity index is 889. The highest BCUT2D eigenvalue weighted by Gasteiger charge is 2.16. The van der Waals surface area contributed by atoms with E-state index in [9.17, 15) is 9.90 Å². The second-order valence-corrected chi connectivity index (χ2v) is 5.94. The average molecular weight is 337 g/mol. The number of rotatable bonds is 5. The summed E-state index contributed by atoms with van der Waals surface area (Å²) in [5, 5.41) is 13.7. The predicted molar refractivity (Wildman–Crippen MR) is 92.8 cm³/mol. The summed E-state index contributed by atoms with van der Waals surface area (Å²) in [5.74, 6) is 0.838. The zero-order valence-corrected chi connectivity index (χ0v) is 14.1. The van der Waals surface area contributed by atoms with Crippen LogP contribution >= 0.6 is 0 Å². The third-order valence-electron chi connectivity index (χ3n) is 3.88. The molecule has 3 rings (SSSR count). The third kappa shape index (κ3) is 4.03. The molecule has 1 heterocycles. The number of nitrogens with zero attached hydrogens (tertiary/aromatic N) is 3. The Kier molecular flexibility index (Phi) is 4.79. The van der Waals surface area contributed by atoms with Gasteiger partial charge in [-0.2, -0.15) is 4.98 Å². The van der Waals surface area contributed by atoms with Crippen LogP contribution in [-0.2, 0) is 17.8 Å². The van der Waals surface area contributed by atoms with Crippen molar-refractivity contribution in [3.63, 3.8) is 0 Å². The molecule has 0 saturated carbocycles. The molecule has 0 aliphatic heterocycles. The lowest BCUT2D eigenvalue weighted by Crippen LogP contribution is -2.27. The molecule has 128 valence electrons. The summed E-state index contributed by atoms with van der Waals surface area (Å²) in [4.78, 5) is 18.2. The molecule has 0 aliphatic rings. The molecule has 25 heavy (non-hydrogen) atoms. The van der Waals surface area contributed by atoms with E-state index in [1.165, 1.54) is 4.90 Å². The van der Waals surface area contributed by atoms with E-state index < -0.39 is 0 Å². The van der Waals surface area contributed by atoms with Crippen molar-refractivity contribution < 1.29 is 14.4 Å². The topological polar surface area (TPSA) is 79.5 Å². The number of likely N-dealkylation sites (N-methyl/N-ethyl adjacent to an activating group) is 1. The summed E-state index contributed by atoms with van der Waals surface area (Å²) < 4.78 is 5.25. The standard InChI is InChI=1S/C19H19N3O3/c1-13-6-5-8-15(10-13)19-20-17(25-21-19)12-22(2)18(24)11-14-7-3-4-9-16(14)23/h3-10,23H,11-12H2,1-2H3. The van der Waals surface area contributed by atoms with Crippen molar-refractivity contribution in [2.45, 2.75) is 19.9 Å². The minimum Gasteiger partial charge on any atom is -0.508 e. The van der Waals surface area contributed by atoms with Crippen molar-refractivity contribution >= 4 is 5.91 Å². The maximum atomic E-state index is 12.3. The fourth-order valence-electron chi connectivity index (χ4n) is 2.47. The van der Waals surface area contributed by atoms with E-state index in [1.807, 2.05) is 31.2 Å². The van der Waals surface area contributed by atoms with Crippen LogP contribution in [-0.4, -0.2) is 33.1 Å². The van der Waals surface area contributed by atoms with Gasteiger partial charge in [0.25, 0.3) is 0 Å². The molecule has 6 heteroatoms. The van der Waals surface area contributed by atoms with Gasteiger partial charge >= 0.3 is 0 Å². The van der Waals surface area contributed by atoms with Gasteiger partial charge in [0, 0.05) is 18.2 Å². The molecule has 0 spiro atoms. The van der Waals surface area contributed by atoms with Gasteiger partial charge < -0.3 is 14.5 Å². The number of phenols is 1. The van der Waals surface area contributed by atoms with Crippen LogP contribution in [0.1, 0.15) is 17.0 Å². The lowest BCUT2D eigenvalue weighted by molar-refractivity contribution is -0.130. The van der Waals surface area contributed by atoms with Crippen LogP contribution in [0, 0.1) is 6.92 Å². The van der Waals surface area contributed by atoms with Crippen molar-refractivity contribution in [1.29, 1.82) is 0 Å². The molecule has 3 aromatic rings. The first-order chi connectivity index (χ1) is 12.0. The van der Waals surface area contributed by atoms with Gasteiger partial charge in [-0.1, -0.05) is 47.1 Å². The SMILES string of the molecule is Cc1cccc(-c2noc(CN(C)C(=O)Cc3ccccc3O)n2)c1. The molecule has 1 N–H and O–H groups in total. The minimum absolute atomic E-state index is 0.113. The van der Waals surface area contributed by atoms with Gasteiger partial charge in [0.2, 0.25) is 17.6 Å². The van der Waals surface area contributed by atoms with Gasteiger partial charge in [0.1, 0.15) is 5.75 Å². The largest absolute Gasteiger partial charge is 0.508 e. The van der Waals surface area contributed by atoms with Gasteiger partial charge in [-0.05, 0) is 19.1 Å². The van der Waals surface area contributed by atoms with E-state index in [0.29, 0.717) is 17.3 Å². The first-order valence-electron chi connectivity index (χ1n) is 7.93. The number of aryl methyl sites for hydroxylation is 1. The van der Waals surface area contributed by atoms with Crippen LogP contribution in [0.4, 0.5) is 0 Å². The molecular weight excluding hydrogens is 318 g/mol. The summed E-state index contributed by atoms with van der Waals surface area (Å²) in [7, 11) is 1.67. The van der Waals surface area contributed by atoms with Gasteiger partial charge in [-0.3, -0.25) is 4.79 Å². The van der Waals surface area contributed by atoms with E-state index in [1.54, 1.807) is 31.3 Å². The number of hydrogen-bond donors (Lipinski definition) is 1. The van der Waals surface area contributed by atoms with E-state index in [4.69, 9.17) is 4.52 Å². The second kappa shape index (κ2) is 7.17. The zero-order chi connectivity index (χ0) is 17.8. The number of carbonyl (C=O) groups excluding carboxylic acids is 1. The van der Waals surface area contributed by atoms with Gasteiger partial charge in [0.15, 0.2) is 0 Å². The van der Waals surface area contributed by atoms with Crippen molar-refractivity contribution in [3.05, 3.63) is 65.5 Å². The van der Waals surface area contributed by atoms with Gasteiger partial charge in [0.05, 0.1) is 13.0 Å². The molecule has 0 atom stereocenters. The zero-order valence-electron chi connectivity index (χ0n) is 14.1. The normalized spacial score (nSPS) is 10.6. The fraction of sp³-hybridized carbons (Fsp3) is 0.211. The van der Waals surface area contributed by atoms with E-state index in [2.05, 4.69) is 10.1 Å². The Morgan fingerprint density at radius 2 is 2.00 bits per heavy atom. The van der Waals surface area contributed by atoms with Crippen molar-refractivity contribution in [3.8, 4) is 17.1 Å². The molecular formula is C19H19N3O3. The summed E-state index contributed by atoms with van der Waals surface area (Å²) in [6.45, 7) is 2.21. The lowest BCUT2D eigenvalue weighted by atomic mass is 10.1. The number of hydrogen-bond acceptors (Lipinski definition) is 5. The fourth-order valence-corrected chi connectivity index (χ4v) is 2.47. The van der Waals surface area contributed by atoms with Crippen molar-refractivity contribution in [2.24, 2.45) is 0 Å². The average Bonchev–Trinajstić information content (AvgIpc) is 3.05. The molecule has 0 aliphatic carbocycles. The van der Waals surface area contributed by atoms with Gasteiger partial charge in [-0.25, -0.2) is 0 Å². The van der Waals surface area contributed by atoms with E-state index in [0.717, 1.165) is 11.1 Å². The maximum Gasteiger partial charge on any atom is 0.246 e. The van der Waals surface area contributed by atoms with Crippen LogP contribution in [0.5, 0.6) is 5.75 Å². The Morgan fingerprint density at radius 3 is 2.76 bits per heavy atom. The molecule has 1 aromatic heterocycles. The second-order valence-electron chi connectivity index (χ2n) is 5.94. The summed E-state index contributed by atoms with van der Waals surface area (Å²) in [6.07, 6.45) is 0.113. The number of para-hydroxylation sites is 1. The van der Waals surface area contributed by atoms with Crippen molar-refractivity contribution in [2.75, 3.05) is 7.05 Å². The molecule has 0 saturated heterocycles. The Morgan fingerprint density at radius 1 is 1.20 bits per heavy atom. The number of phenolic OH excluding ortho intramolecular Hbond substituents is 1. The molecule has 0 fully saturated rings. The Balaban J connectivity index is 1.66. The highest BCUT2D eigenvalue weighted by atomic mass is 16.5. The van der Waals surface area contributed by atoms with Crippen LogP contribution in [0.2, 0.25) is 0 Å². The van der Waals surface area contributed by atoms with Crippen LogP contribution in [0.3, 0.4) is 0 Å². The number of benzene rings is 2.